The third kappa shape index (κ3) is 5.56. The number of hydrogen-bond donors (Lipinski definition) is 0. The molecule has 0 N–H and O–H groups in total. The van der Waals surface area contributed by atoms with E-state index in [1.165, 1.54) is 42.0 Å². The van der Waals surface area contributed by atoms with E-state index in [4.69, 9.17) is 0 Å². The molecule has 19 heavy (non-hydrogen) atoms. The summed E-state index contributed by atoms with van der Waals surface area (Å²) in [7, 11) is 0. The van der Waals surface area contributed by atoms with Crippen molar-refractivity contribution in [1.82, 2.24) is 0 Å². The molecule has 0 bridgehead atoms. The molecule has 0 unspecified atom stereocenters. The molecular formula is C19H24. The average Bonchev–Trinajstić information content (AvgIpc) is 2.48. The lowest BCUT2D eigenvalue weighted by Crippen LogP contribution is -1.73. The summed E-state index contributed by atoms with van der Waals surface area (Å²) in [6, 6.07) is 14.7. The molecule has 0 aliphatic heterocycles. The number of fused-ring (bicyclic) bond motifs is 1. The summed E-state index contributed by atoms with van der Waals surface area (Å²) in [5.74, 6) is 0. The lowest BCUT2D eigenvalue weighted by molar-refractivity contribution is 0.730. The molecule has 2 aromatic rings. The van der Waals surface area contributed by atoms with Gasteiger partial charge >= 0.3 is 0 Å². The van der Waals surface area contributed by atoms with E-state index in [9.17, 15) is 0 Å². The topological polar surface area (TPSA) is 0 Å². The molecule has 0 aliphatic rings. The molecule has 0 fully saturated rings. The molecule has 100 valence electrons. The van der Waals surface area contributed by atoms with Gasteiger partial charge in [0.05, 0.1) is 0 Å². The van der Waals surface area contributed by atoms with Gasteiger partial charge in [0.25, 0.3) is 0 Å². The first kappa shape index (κ1) is 15.2. The summed E-state index contributed by atoms with van der Waals surface area (Å²) in [5, 5.41) is 2.55. The second-order valence-electron chi connectivity index (χ2n) is 4.60. The molecule has 0 nitrogen and oxygen atoms in total. The maximum absolute atomic E-state index is 3.74. The van der Waals surface area contributed by atoms with Crippen LogP contribution >= 0.6 is 0 Å². The highest BCUT2D eigenvalue weighted by molar-refractivity contribution is 5.84. The molecule has 0 amide bonds. The zero-order valence-corrected chi connectivity index (χ0v) is 11.9. The largest absolute Gasteiger partial charge is 0.103 e. The molecule has 0 saturated heterocycles. The van der Waals surface area contributed by atoms with Crippen molar-refractivity contribution in [2.75, 3.05) is 0 Å². The molecule has 2 aromatic carbocycles. The Balaban J connectivity index is 0.000000224. The minimum atomic E-state index is 1.17. The van der Waals surface area contributed by atoms with Gasteiger partial charge in [-0.15, -0.1) is 6.58 Å². The third-order valence-electron chi connectivity index (χ3n) is 3.02. The zero-order valence-electron chi connectivity index (χ0n) is 11.9. The Hall–Kier alpha value is -1.82. The minimum Gasteiger partial charge on any atom is -0.103 e. The van der Waals surface area contributed by atoms with Crippen molar-refractivity contribution < 1.29 is 0 Å². The van der Waals surface area contributed by atoms with Crippen LogP contribution in [0.2, 0.25) is 0 Å². The Morgan fingerprint density at radius 3 is 2.32 bits per heavy atom. The normalized spacial score (nSPS) is 9.53. The van der Waals surface area contributed by atoms with Crippen LogP contribution in [0.5, 0.6) is 0 Å². The van der Waals surface area contributed by atoms with Gasteiger partial charge in [-0.2, -0.15) is 0 Å². The fourth-order valence-corrected chi connectivity index (χ4v) is 1.87. The van der Waals surface area contributed by atoms with E-state index in [1.54, 1.807) is 0 Å². The van der Waals surface area contributed by atoms with Gasteiger partial charge < -0.3 is 0 Å². The van der Waals surface area contributed by atoms with Crippen molar-refractivity contribution in [3.05, 3.63) is 67.3 Å². The van der Waals surface area contributed by atoms with Crippen molar-refractivity contribution in [3.63, 3.8) is 0 Å². The van der Waals surface area contributed by atoms with E-state index in [2.05, 4.69) is 62.5 Å². The van der Waals surface area contributed by atoms with Gasteiger partial charge in [-0.05, 0) is 35.2 Å². The molecule has 0 heterocycles. The van der Waals surface area contributed by atoms with Gasteiger partial charge in [0.15, 0.2) is 0 Å². The van der Waals surface area contributed by atoms with Gasteiger partial charge in [-0.1, -0.05) is 74.9 Å². The maximum Gasteiger partial charge on any atom is -0.0178 e. The van der Waals surface area contributed by atoms with Crippen LogP contribution in [-0.2, 0) is 0 Å². The molecule has 0 aromatic heterocycles. The molecule has 0 radical (unpaired) electrons. The van der Waals surface area contributed by atoms with Crippen LogP contribution < -0.4 is 0 Å². The number of benzene rings is 2. The van der Waals surface area contributed by atoms with Gasteiger partial charge in [0.2, 0.25) is 0 Å². The monoisotopic (exact) mass is 252 g/mol. The van der Waals surface area contributed by atoms with E-state index >= 15 is 0 Å². The van der Waals surface area contributed by atoms with Crippen LogP contribution in [-0.4, -0.2) is 0 Å². The standard InChI is InChI=1S/C12H10.C7H14/c1-2-10-7-8-11-5-3-4-6-12(11)9-10;1-3-5-7-6-4-2/h2-9H,1H2;3H,1,4-7H2,2H3. The maximum atomic E-state index is 3.74. The van der Waals surface area contributed by atoms with Crippen LogP contribution in [0.25, 0.3) is 16.8 Å². The Morgan fingerprint density at radius 2 is 1.68 bits per heavy atom. The zero-order chi connectivity index (χ0) is 13.9. The van der Waals surface area contributed by atoms with Gasteiger partial charge in [0.1, 0.15) is 0 Å². The van der Waals surface area contributed by atoms with Crippen LogP contribution in [0.1, 0.15) is 38.2 Å². The van der Waals surface area contributed by atoms with Crippen molar-refractivity contribution >= 4 is 16.8 Å². The van der Waals surface area contributed by atoms with E-state index in [0.29, 0.717) is 0 Å². The molecule has 0 atom stereocenters. The van der Waals surface area contributed by atoms with E-state index in [1.807, 2.05) is 12.2 Å². The Labute approximate surface area is 117 Å². The van der Waals surface area contributed by atoms with E-state index < -0.39 is 0 Å². The van der Waals surface area contributed by atoms with E-state index in [0.717, 1.165) is 0 Å². The number of unbranched alkanes of at least 4 members (excludes halogenated alkanes) is 3. The van der Waals surface area contributed by atoms with Crippen molar-refractivity contribution in [1.29, 1.82) is 0 Å². The summed E-state index contributed by atoms with van der Waals surface area (Å²) >= 11 is 0. The van der Waals surface area contributed by atoms with Crippen LogP contribution in [0.15, 0.2) is 61.7 Å². The lowest BCUT2D eigenvalue weighted by Gasteiger charge is -1.97. The quantitative estimate of drug-likeness (QED) is 0.436. The predicted octanol–water partition coefficient (Wildman–Crippen LogP) is 6.24. The summed E-state index contributed by atoms with van der Waals surface area (Å²) in [6.45, 7) is 9.58. The first-order valence-corrected chi connectivity index (χ1v) is 7.04. The summed E-state index contributed by atoms with van der Waals surface area (Å²) < 4.78 is 0. The van der Waals surface area contributed by atoms with Gasteiger partial charge in [-0.3, -0.25) is 0 Å². The number of allylic oxidation sites excluding steroid dienone is 1. The van der Waals surface area contributed by atoms with Crippen LogP contribution in [0.3, 0.4) is 0 Å². The van der Waals surface area contributed by atoms with Crippen molar-refractivity contribution in [3.8, 4) is 0 Å². The van der Waals surface area contributed by atoms with Crippen molar-refractivity contribution in [2.45, 2.75) is 32.6 Å². The Kier molecular flexibility index (Phi) is 7.34. The number of rotatable bonds is 5. The first-order chi connectivity index (χ1) is 9.31. The highest BCUT2D eigenvalue weighted by Crippen LogP contribution is 2.15. The summed E-state index contributed by atoms with van der Waals surface area (Å²) in [6.07, 6.45) is 9.02. The molecule has 0 heteroatoms. The minimum absolute atomic E-state index is 1.17. The highest BCUT2D eigenvalue weighted by Gasteiger charge is 1.90. The number of hydrogen-bond acceptors (Lipinski definition) is 0. The molecule has 0 spiro atoms. The lowest BCUT2D eigenvalue weighted by atomic mass is 10.1. The van der Waals surface area contributed by atoms with Gasteiger partial charge in [0, 0.05) is 0 Å². The summed E-state index contributed by atoms with van der Waals surface area (Å²) in [5.41, 5.74) is 1.17. The fourth-order valence-electron chi connectivity index (χ4n) is 1.87. The molecule has 2 rings (SSSR count). The molecule has 0 saturated carbocycles. The molecule has 0 aliphatic carbocycles. The SMILES string of the molecule is C=CCCCCC.C=Cc1ccc2ccccc2c1. The Bertz CT molecular complexity index is 508. The highest BCUT2D eigenvalue weighted by atomic mass is 14.0. The second kappa shape index (κ2) is 9.16. The van der Waals surface area contributed by atoms with E-state index in [-0.39, 0.29) is 0 Å². The Morgan fingerprint density at radius 1 is 0.947 bits per heavy atom. The molecular weight excluding hydrogens is 228 g/mol. The summed E-state index contributed by atoms with van der Waals surface area (Å²) in [4.78, 5) is 0. The van der Waals surface area contributed by atoms with Crippen LogP contribution in [0, 0.1) is 0 Å². The average molecular weight is 252 g/mol. The fraction of sp³-hybridized carbons (Fsp3) is 0.263. The second-order valence-corrected chi connectivity index (χ2v) is 4.60. The van der Waals surface area contributed by atoms with Crippen LogP contribution in [0.4, 0.5) is 0 Å². The van der Waals surface area contributed by atoms with Crippen molar-refractivity contribution in [2.24, 2.45) is 0 Å². The van der Waals surface area contributed by atoms with Gasteiger partial charge in [-0.25, -0.2) is 0 Å². The third-order valence-corrected chi connectivity index (χ3v) is 3.02. The smallest absolute Gasteiger partial charge is 0.0178 e. The predicted molar refractivity (Wildman–Crippen MR) is 88.4 cm³/mol. The first-order valence-electron chi connectivity index (χ1n) is 7.04.